The third-order valence-corrected chi connectivity index (χ3v) is 2.94. The molecule has 1 aromatic rings. The molecule has 1 heterocycles. The molecule has 1 amide bonds. The van der Waals surface area contributed by atoms with E-state index in [1.807, 2.05) is 0 Å². The topological polar surface area (TPSA) is 57.8 Å². The summed E-state index contributed by atoms with van der Waals surface area (Å²) in [6.45, 7) is 0.683. The summed E-state index contributed by atoms with van der Waals surface area (Å²) in [5, 5.41) is 2.96. The fraction of sp³-hybridized carbons (Fsp3) is 0.636. The number of hydrogen-bond acceptors (Lipinski definition) is 2. The number of H-pyrrole nitrogens is 1. The summed E-state index contributed by atoms with van der Waals surface area (Å²) in [7, 11) is 0. The number of amides is 1. The molecule has 0 radical (unpaired) electrons. The second-order valence-electron chi connectivity index (χ2n) is 4.06. The monoisotopic (exact) mass is 207 g/mol. The van der Waals surface area contributed by atoms with E-state index < -0.39 is 0 Å². The number of nitrogens with zero attached hydrogens (tertiary/aromatic N) is 1. The number of imidazole rings is 1. The molecule has 4 nitrogen and oxygen atoms in total. The molecular formula is C11H17N3O. The summed E-state index contributed by atoms with van der Waals surface area (Å²) < 4.78 is 0. The standard InChI is InChI=1S/C11H17N3O/c15-11(9-3-1-2-4-9)14-6-5-10-12-7-8-13-10/h7-9H,1-6H2,(H,12,13)(H,14,15). The van der Waals surface area contributed by atoms with Crippen molar-refractivity contribution in [3.8, 4) is 0 Å². The van der Waals surface area contributed by atoms with Gasteiger partial charge in [0.15, 0.2) is 0 Å². The number of nitrogens with one attached hydrogen (secondary N) is 2. The van der Waals surface area contributed by atoms with Crippen molar-refractivity contribution < 1.29 is 4.79 Å². The molecule has 2 N–H and O–H groups in total. The summed E-state index contributed by atoms with van der Waals surface area (Å²) >= 11 is 0. The number of carbonyl (C=O) groups excluding carboxylic acids is 1. The molecule has 1 saturated carbocycles. The molecule has 0 atom stereocenters. The van der Waals surface area contributed by atoms with Crippen LogP contribution in [-0.2, 0) is 11.2 Å². The molecule has 1 aromatic heterocycles. The van der Waals surface area contributed by atoms with E-state index >= 15 is 0 Å². The Morgan fingerprint density at radius 3 is 3.00 bits per heavy atom. The molecular weight excluding hydrogens is 190 g/mol. The predicted molar refractivity (Wildman–Crippen MR) is 57.3 cm³/mol. The zero-order valence-corrected chi connectivity index (χ0v) is 8.83. The largest absolute Gasteiger partial charge is 0.355 e. The fourth-order valence-electron chi connectivity index (χ4n) is 2.07. The zero-order chi connectivity index (χ0) is 10.5. The Balaban J connectivity index is 1.67. The summed E-state index contributed by atoms with van der Waals surface area (Å²) in [6, 6.07) is 0. The Labute approximate surface area is 89.5 Å². The van der Waals surface area contributed by atoms with Gasteiger partial charge in [-0.1, -0.05) is 12.8 Å². The maximum atomic E-state index is 11.6. The highest BCUT2D eigenvalue weighted by Crippen LogP contribution is 2.24. The molecule has 1 fully saturated rings. The van der Waals surface area contributed by atoms with Crippen LogP contribution in [0.3, 0.4) is 0 Å². The first-order chi connectivity index (χ1) is 7.36. The molecule has 0 saturated heterocycles. The van der Waals surface area contributed by atoms with Gasteiger partial charge in [0.1, 0.15) is 5.82 Å². The highest BCUT2D eigenvalue weighted by atomic mass is 16.1. The number of carbonyl (C=O) groups is 1. The van der Waals surface area contributed by atoms with E-state index in [1.165, 1.54) is 12.8 Å². The van der Waals surface area contributed by atoms with Crippen molar-refractivity contribution in [1.29, 1.82) is 0 Å². The smallest absolute Gasteiger partial charge is 0.223 e. The molecule has 15 heavy (non-hydrogen) atoms. The maximum absolute atomic E-state index is 11.6. The Kier molecular flexibility index (Phi) is 3.37. The highest BCUT2D eigenvalue weighted by Gasteiger charge is 2.21. The fourth-order valence-corrected chi connectivity index (χ4v) is 2.07. The van der Waals surface area contributed by atoms with Crippen LogP contribution in [0.25, 0.3) is 0 Å². The second kappa shape index (κ2) is 4.96. The van der Waals surface area contributed by atoms with Crippen LogP contribution < -0.4 is 5.32 Å². The molecule has 0 unspecified atom stereocenters. The average molecular weight is 207 g/mol. The lowest BCUT2D eigenvalue weighted by molar-refractivity contribution is -0.124. The van der Waals surface area contributed by atoms with E-state index in [4.69, 9.17) is 0 Å². The van der Waals surface area contributed by atoms with Gasteiger partial charge in [-0.25, -0.2) is 4.98 Å². The summed E-state index contributed by atoms with van der Waals surface area (Å²) in [5.74, 6) is 1.42. The van der Waals surface area contributed by atoms with E-state index in [0.717, 1.165) is 25.1 Å². The lowest BCUT2D eigenvalue weighted by Gasteiger charge is -2.09. The van der Waals surface area contributed by atoms with Gasteiger partial charge in [-0.2, -0.15) is 0 Å². The Hall–Kier alpha value is -1.32. The average Bonchev–Trinajstić information content (AvgIpc) is 2.90. The van der Waals surface area contributed by atoms with Crippen LogP contribution in [0, 0.1) is 5.92 Å². The number of aromatic amines is 1. The van der Waals surface area contributed by atoms with Gasteiger partial charge in [0.25, 0.3) is 0 Å². The first kappa shape index (κ1) is 10.2. The van der Waals surface area contributed by atoms with Gasteiger partial charge < -0.3 is 10.3 Å². The molecule has 0 aliphatic heterocycles. The first-order valence-electron chi connectivity index (χ1n) is 5.62. The lowest BCUT2D eigenvalue weighted by atomic mass is 10.1. The van der Waals surface area contributed by atoms with E-state index in [1.54, 1.807) is 12.4 Å². The minimum Gasteiger partial charge on any atom is -0.355 e. The van der Waals surface area contributed by atoms with Gasteiger partial charge in [0, 0.05) is 31.3 Å². The molecule has 0 spiro atoms. The van der Waals surface area contributed by atoms with E-state index in [-0.39, 0.29) is 11.8 Å². The third-order valence-electron chi connectivity index (χ3n) is 2.94. The molecule has 1 aliphatic carbocycles. The maximum Gasteiger partial charge on any atom is 0.223 e. The molecule has 2 rings (SSSR count). The van der Waals surface area contributed by atoms with Gasteiger partial charge in [0.05, 0.1) is 0 Å². The van der Waals surface area contributed by atoms with Crippen molar-refractivity contribution in [2.75, 3.05) is 6.54 Å². The lowest BCUT2D eigenvalue weighted by Crippen LogP contribution is -2.31. The van der Waals surface area contributed by atoms with Crippen LogP contribution in [0.1, 0.15) is 31.5 Å². The molecule has 1 aliphatic rings. The van der Waals surface area contributed by atoms with Crippen LogP contribution in [0.15, 0.2) is 12.4 Å². The quantitative estimate of drug-likeness (QED) is 0.781. The Morgan fingerprint density at radius 2 is 2.33 bits per heavy atom. The molecule has 0 aromatic carbocycles. The van der Waals surface area contributed by atoms with Gasteiger partial charge in [-0.3, -0.25) is 4.79 Å². The SMILES string of the molecule is O=C(NCCc1ncc[nH]1)C1CCCC1. The van der Waals surface area contributed by atoms with Crippen molar-refractivity contribution >= 4 is 5.91 Å². The molecule has 4 heteroatoms. The van der Waals surface area contributed by atoms with Crippen LogP contribution in [0.5, 0.6) is 0 Å². The predicted octanol–water partition coefficient (Wildman–Crippen LogP) is 1.26. The van der Waals surface area contributed by atoms with Gasteiger partial charge in [0.2, 0.25) is 5.91 Å². The van der Waals surface area contributed by atoms with Crippen molar-refractivity contribution in [3.05, 3.63) is 18.2 Å². The summed E-state index contributed by atoms with van der Waals surface area (Å²) in [6.07, 6.45) is 8.85. The Morgan fingerprint density at radius 1 is 1.53 bits per heavy atom. The van der Waals surface area contributed by atoms with Crippen LogP contribution in [-0.4, -0.2) is 22.4 Å². The van der Waals surface area contributed by atoms with Crippen LogP contribution in [0.2, 0.25) is 0 Å². The zero-order valence-electron chi connectivity index (χ0n) is 8.83. The van der Waals surface area contributed by atoms with Gasteiger partial charge in [-0.05, 0) is 12.8 Å². The van der Waals surface area contributed by atoms with Gasteiger partial charge in [-0.15, -0.1) is 0 Å². The van der Waals surface area contributed by atoms with Gasteiger partial charge >= 0.3 is 0 Å². The third kappa shape index (κ3) is 2.81. The van der Waals surface area contributed by atoms with Crippen molar-refractivity contribution in [2.45, 2.75) is 32.1 Å². The highest BCUT2D eigenvalue weighted by molar-refractivity contribution is 5.78. The summed E-state index contributed by atoms with van der Waals surface area (Å²) in [5.41, 5.74) is 0. The van der Waals surface area contributed by atoms with E-state index in [9.17, 15) is 4.79 Å². The van der Waals surface area contributed by atoms with Crippen LogP contribution >= 0.6 is 0 Å². The minimum atomic E-state index is 0.221. The van der Waals surface area contributed by atoms with Crippen molar-refractivity contribution in [2.24, 2.45) is 5.92 Å². The van der Waals surface area contributed by atoms with Crippen molar-refractivity contribution in [1.82, 2.24) is 15.3 Å². The second-order valence-corrected chi connectivity index (χ2v) is 4.06. The van der Waals surface area contributed by atoms with Crippen molar-refractivity contribution in [3.63, 3.8) is 0 Å². The molecule has 82 valence electrons. The summed E-state index contributed by atoms with van der Waals surface area (Å²) in [4.78, 5) is 18.8. The first-order valence-corrected chi connectivity index (χ1v) is 5.62. The normalized spacial score (nSPS) is 16.8. The minimum absolute atomic E-state index is 0.221. The number of hydrogen-bond donors (Lipinski definition) is 2. The van der Waals surface area contributed by atoms with Crippen LogP contribution in [0.4, 0.5) is 0 Å². The van der Waals surface area contributed by atoms with E-state index in [0.29, 0.717) is 6.54 Å². The number of aromatic nitrogens is 2. The Bertz CT molecular complexity index is 302. The number of rotatable bonds is 4. The molecule has 0 bridgehead atoms. The van der Waals surface area contributed by atoms with E-state index in [2.05, 4.69) is 15.3 Å².